The van der Waals surface area contributed by atoms with Crippen molar-refractivity contribution in [2.45, 2.75) is 103 Å². The van der Waals surface area contributed by atoms with Crippen molar-refractivity contribution in [1.82, 2.24) is 14.5 Å². The van der Waals surface area contributed by atoms with Crippen LogP contribution in [0.15, 0.2) is 12.3 Å². The molecule has 186 valence electrons. The molecule has 1 aliphatic heterocycles. The van der Waals surface area contributed by atoms with E-state index in [4.69, 9.17) is 25.1 Å². The van der Waals surface area contributed by atoms with Gasteiger partial charge in [0.15, 0.2) is 16.6 Å². The van der Waals surface area contributed by atoms with Crippen molar-refractivity contribution in [1.29, 1.82) is 0 Å². The van der Waals surface area contributed by atoms with E-state index in [1.807, 2.05) is 16.8 Å². The first kappa shape index (κ1) is 26.1. The summed E-state index contributed by atoms with van der Waals surface area (Å²) in [7, 11) is -3.94. The third kappa shape index (κ3) is 5.29. The summed E-state index contributed by atoms with van der Waals surface area (Å²) in [6.45, 7) is 23.2. The SMILES string of the molecule is CC(C)(C)[Si](C)(C)OC[C@H]1O[C@@H](n2ccc3c(N)nc(N)nc32)C[C@@H]1O[Si](C)(C)C(C)(C)C. The number of ether oxygens (including phenoxy) is 1. The summed E-state index contributed by atoms with van der Waals surface area (Å²) >= 11 is 0. The van der Waals surface area contributed by atoms with Crippen molar-refractivity contribution in [3.8, 4) is 0 Å². The van der Waals surface area contributed by atoms with Crippen LogP contribution in [-0.4, -0.2) is 50.0 Å². The average Bonchev–Trinajstić information content (AvgIpc) is 3.21. The number of anilines is 2. The predicted octanol–water partition coefficient (Wildman–Crippen LogP) is 5.30. The average molecular weight is 494 g/mol. The van der Waals surface area contributed by atoms with Gasteiger partial charge in [0.2, 0.25) is 5.95 Å². The minimum absolute atomic E-state index is 0.0605. The summed E-state index contributed by atoms with van der Waals surface area (Å²) in [5.41, 5.74) is 12.6. The van der Waals surface area contributed by atoms with Crippen LogP contribution in [0.5, 0.6) is 0 Å². The highest BCUT2D eigenvalue weighted by Gasteiger charge is 2.46. The van der Waals surface area contributed by atoms with Gasteiger partial charge in [0, 0.05) is 12.6 Å². The lowest BCUT2D eigenvalue weighted by Crippen LogP contribution is -2.48. The molecule has 3 rings (SSSR count). The molecule has 0 bridgehead atoms. The maximum atomic E-state index is 6.87. The third-order valence-corrected chi connectivity index (χ3v) is 16.8. The highest BCUT2D eigenvalue weighted by Crippen LogP contribution is 2.43. The number of hydrogen-bond acceptors (Lipinski definition) is 7. The molecular formula is C23H43N5O3Si2. The Balaban J connectivity index is 1.90. The van der Waals surface area contributed by atoms with Crippen molar-refractivity contribution >= 4 is 39.4 Å². The van der Waals surface area contributed by atoms with E-state index in [0.29, 0.717) is 24.5 Å². The Hall–Kier alpha value is -1.47. The maximum Gasteiger partial charge on any atom is 0.223 e. The second kappa shape index (κ2) is 8.64. The molecular weight excluding hydrogens is 450 g/mol. The molecule has 0 radical (unpaired) electrons. The Morgan fingerprint density at radius 2 is 1.64 bits per heavy atom. The zero-order chi connectivity index (χ0) is 25.0. The molecule has 0 aromatic carbocycles. The number of fused-ring (bicyclic) bond motifs is 1. The quantitative estimate of drug-likeness (QED) is 0.526. The molecule has 33 heavy (non-hydrogen) atoms. The van der Waals surface area contributed by atoms with Crippen LogP contribution in [0.4, 0.5) is 11.8 Å². The second-order valence-corrected chi connectivity index (χ2v) is 21.8. The van der Waals surface area contributed by atoms with Gasteiger partial charge in [0.25, 0.3) is 0 Å². The Morgan fingerprint density at radius 1 is 1.03 bits per heavy atom. The summed E-state index contributed by atoms with van der Waals surface area (Å²) in [5.74, 6) is 0.533. The van der Waals surface area contributed by atoms with Crippen molar-refractivity contribution < 1.29 is 13.6 Å². The van der Waals surface area contributed by atoms with Gasteiger partial charge in [-0.2, -0.15) is 9.97 Å². The predicted molar refractivity (Wildman–Crippen MR) is 140 cm³/mol. The van der Waals surface area contributed by atoms with E-state index in [9.17, 15) is 0 Å². The summed E-state index contributed by atoms with van der Waals surface area (Å²) < 4.78 is 22.0. The van der Waals surface area contributed by atoms with Crippen LogP contribution in [0.2, 0.25) is 36.3 Å². The van der Waals surface area contributed by atoms with E-state index in [1.54, 1.807) is 0 Å². The molecule has 2 aromatic rings. The molecule has 8 nitrogen and oxygen atoms in total. The van der Waals surface area contributed by atoms with Gasteiger partial charge in [-0.1, -0.05) is 41.5 Å². The fourth-order valence-corrected chi connectivity index (χ4v) is 5.89. The lowest BCUT2D eigenvalue weighted by Gasteiger charge is -2.40. The van der Waals surface area contributed by atoms with Gasteiger partial charge in [0.1, 0.15) is 23.8 Å². The highest BCUT2D eigenvalue weighted by molar-refractivity contribution is 6.74. The summed E-state index contributed by atoms with van der Waals surface area (Å²) in [6, 6.07) is 1.91. The van der Waals surface area contributed by atoms with Crippen molar-refractivity contribution in [3.63, 3.8) is 0 Å². The summed E-state index contributed by atoms with van der Waals surface area (Å²) in [4.78, 5) is 8.52. The Labute approximate surface area is 200 Å². The van der Waals surface area contributed by atoms with Crippen molar-refractivity contribution in [2.75, 3.05) is 18.1 Å². The number of nitrogens with two attached hydrogens (primary N) is 2. The fraction of sp³-hybridized carbons (Fsp3) is 0.739. The lowest BCUT2D eigenvalue weighted by atomic mass is 10.2. The molecule has 0 aliphatic carbocycles. The van der Waals surface area contributed by atoms with Gasteiger partial charge < -0.3 is 29.6 Å². The zero-order valence-corrected chi connectivity index (χ0v) is 24.0. The van der Waals surface area contributed by atoms with E-state index in [1.165, 1.54) is 0 Å². The fourth-order valence-electron chi connectivity index (χ4n) is 3.51. The van der Waals surface area contributed by atoms with Crippen LogP contribution in [0.25, 0.3) is 11.0 Å². The van der Waals surface area contributed by atoms with Gasteiger partial charge in [0.05, 0.1) is 18.1 Å². The number of nitrogens with zero attached hydrogens (tertiary/aromatic N) is 3. The van der Waals surface area contributed by atoms with E-state index < -0.39 is 16.6 Å². The smallest absolute Gasteiger partial charge is 0.223 e. The van der Waals surface area contributed by atoms with Crippen LogP contribution in [-0.2, 0) is 13.6 Å². The van der Waals surface area contributed by atoms with Crippen LogP contribution in [0, 0.1) is 0 Å². The van der Waals surface area contributed by atoms with Crippen molar-refractivity contribution in [2.24, 2.45) is 0 Å². The van der Waals surface area contributed by atoms with Gasteiger partial charge in [-0.3, -0.25) is 0 Å². The number of aromatic nitrogens is 3. The normalized spacial score (nSPS) is 22.9. The van der Waals surface area contributed by atoms with Crippen LogP contribution in [0.3, 0.4) is 0 Å². The molecule has 0 spiro atoms. The second-order valence-electron chi connectivity index (χ2n) is 12.3. The minimum Gasteiger partial charge on any atom is -0.414 e. The molecule has 0 saturated carbocycles. The molecule has 1 fully saturated rings. The van der Waals surface area contributed by atoms with Crippen LogP contribution >= 0.6 is 0 Å². The Kier molecular flexibility index (Phi) is 6.84. The van der Waals surface area contributed by atoms with Gasteiger partial charge in [-0.25, -0.2) is 0 Å². The monoisotopic (exact) mass is 493 g/mol. The molecule has 0 unspecified atom stereocenters. The molecule has 4 N–H and O–H groups in total. The Bertz CT molecular complexity index is 994. The van der Waals surface area contributed by atoms with Gasteiger partial charge >= 0.3 is 0 Å². The highest BCUT2D eigenvalue weighted by atomic mass is 28.4. The lowest BCUT2D eigenvalue weighted by molar-refractivity contribution is -0.0381. The molecule has 3 heterocycles. The summed E-state index contributed by atoms with van der Waals surface area (Å²) in [5, 5.41) is 1.01. The number of hydrogen-bond donors (Lipinski definition) is 2. The van der Waals surface area contributed by atoms with E-state index in [-0.39, 0.29) is 34.5 Å². The van der Waals surface area contributed by atoms with Crippen LogP contribution in [0.1, 0.15) is 54.2 Å². The largest absolute Gasteiger partial charge is 0.414 e. The van der Waals surface area contributed by atoms with Gasteiger partial charge in [-0.15, -0.1) is 0 Å². The van der Waals surface area contributed by atoms with E-state index >= 15 is 0 Å². The first-order valence-corrected chi connectivity index (χ1v) is 17.6. The molecule has 2 aromatic heterocycles. The first-order chi connectivity index (χ1) is 14.9. The van der Waals surface area contributed by atoms with Gasteiger partial charge in [-0.05, 0) is 42.3 Å². The molecule has 0 amide bonds. The zero-order valence-electron chi connectivity index (χ0n) is 22.0. The van der Waals surface area contributed by atoms with E-state index in [0.717, 1.165) is 5.39 Å². The number of rotatable bonds is 6. The standard InChI is InChI=1S/C23H43N5O3Si2/c1-22(2,3)32(7,8)29-14-17-16(31-33(9,10)23(4,5)6)13-18(30-17)28-12-11-15-19(24)26-21(25)27-20(15)28/h11-12,16-18H,13-14H2,1-10H3,(H4,24,25,26,27)/t16-,17+,18+/m0/s1. The molecule has 10 heteroatoms. The maximum absolute atomic E-state index is 6.87. The molecule has 1 saturated heterocycles. The Morgan fingerprint density at radius 3 is 2.21 bits per heavy atom. The topological polar surface area (TPSA) is 110 Å². The first-order valence-electron chi connectivity index (χ1n) is 11.8. The van der Waals surface area contributed by atoms with Crippen LogP contribution < -0.4 is 11.5 Å². The third-order valence-electron chi connectivity index (χ3n) is 7.78. The summed E-state index contributed by atoms with van der Waals surface area (Å²) in [6.07, 6.45) is 2.20. The van der Waals surface area contributed by atoms with E-state index in [2.05, 4.69) is 77.7 Å². The molecule has 3 atom stereocenters. The number of nitrogen functional groups attached to an aromatic ring is 2. The molecule has 1 aliphatic rings. The van der Waals surface area contributed by atoms with Crippen molar-refractivity contribution in [3.05, 3.63) is 12.3 Å². The minimum atomic E-state index is -2.01.